The number of hydrogen-bond donors (Lipinski definition) is 1. The lowest BCUT2D eigenvalue weighted by atomic mass is 10.0. The summed E-state index contributed by atoms with van der Waals surface area (Å²) in [5, 5.41) is 2.88. The summed E-state index contributed by atoms with van der Waals surface area (Å²) in [5.74, 6) is 0.181. The van der Waals surface area contributed by atoms with E-state index in [1.54, 1.807) is 12.1 Å². The number of benzene rings is 2. The highest BCUT2D eigenvalue weighted by Gasteiger charge is 2.45. The van der Waals surface area contributed by atoms with E-state index in [-0.39, 0.29) is 18.1 Å². The van der Waals surface area contributed by atoms with Crippen LogP contribution < -0.4 is 15.0 Å². The first-order valence-corrected chi connectivity index (χ1v) is 9.60. The van der Waals surface area contributed by atoms with E-state index in [0.717, 1.165) is 34.7 Å². The number of amides is 1. The fourth-order valence-electron chi connectivity index (χ4n) is 3.69. The van der Waals surface area contributed by atoms with Gasteiger partial charge in [0.2, 0.25) is 5.91 Å². The zero-order valence-corrected chi connectivity index (χ0v) is 16.1. The van der Waals surface area contributed by atoms with Gasteiger partial charge in [-0.2, -0.15) is 0 Å². The molecule has 4 rings (SSSR count). The molecule has 0 saturated heterocycles. The molecule has 1 amide bonds. The largest absolute Gasteiger partial charge is 0.489 e. The number of fused-ring (bicyclic) bond motifs is 1. The van der Waals surface area contributed by atoms with E-state index in [0.29, 0.717) is 31.7 Å². The molecule has 28 heavy (non-hydrogen) atoms. The fourth-order valence-corrected chi connectivity index (χ4v) is 3.69. The number of carbonyl (C=O) groups is 1. The number of ether oxygens (including phenoxy) is 1. The molecule has 1 aliphatic carbocycles. The number of alkyl halides is 1. The van der Waals surface area contributed by atoms with Crippen LogP contribution in [0.15, 0.2) is 30.3 Å². The highest BCUT2D eigenvalue weighted by Crippen LogP contribution is 2.44. The van der Waals surface area contributed by atoms with E-state index in [4.69, 9.17) is 4.74 Å². The second kappa shape index (κ2) is 7.08. The molecule has 0 atom stereocenters. The van der Waals surface area contributed by atoms with Crippen LogP contribution in [0.3, 0.4) is 0 Å². The van der Waals surface area contributed by atoms with Crippen LogP contribution in [0.1, 0.15) is 36.0 Å². The van der Waals surface area contributed by atoms with Crippen LogP contribution in [0.5, 0.6) is 5.75 Å². The molecular weight excluding hydrogens is 362 g/mol. The molecule has 0 radical (unpaired) electrons. The highest BCUT2D eigenvalue weighted by molar-refractivity contribution is 5.94. The highest BCUT2D eigenvalue weighted by atomic mass is 19.1. The fraction of sp³-hybridized carbons (Fsp3) is 0.409. The first kappa shape index (κ1) is 18.7. The van der Waals surface area contributed by atoms with Crippen LogP contribution >= 0.6 is 0 Å². The number of halogens is 2. The van der Waals surface area contributed by atoms with Crippen LogP contribution in [-0.2, 0) is 11.3 Å². The zero-order chi connectivity index (χ0) is 19.9. The number of nitrogens with one attached hydrogen (secondary N) is 1. The van der Waals surface area contributed by atoms with Crippen molar-refractivity contribution in [3.05, 3.63) is 52.8 Å². The van der Waals surface area contributed by atoms with Gasteiger partial charge in [-0.15, -0.1) is 0 Å². The van der Waals surface area contributed by atoms with Crippen molar-refractivity contribution in [2.75, 3.05) is 23.4 Å². The maximum absolute atomic E-state index is 13.9. The van der Waals surface area contributed by atoms with Gasteiger partial charge < -0.3 is 15.0 Å². The van der Waals surface area contributed by atoms with Crippen molar-refractivity contribution in [3.63, 3.8) is 0 Å². The summed E-state index contributed by atoms with van der Waals surface area (Å²) in [6.45, 7) is 5.73. The van der Waals surface area contributed by atoms with Crippen molar-refractivity contribution < 1.29 is 18.3 Å². The monoisotopic (exact) mass is 386 g/mol. The lowest BCUT2D eigenvalue weighted by Crippen LogP contribution is -2.33. The Labute approximate surface area is 163 Å². The lowest BCUT2D eigenvalue weighted by Gasteiger charge is -2.33. The van der Waals surface area contributed by atoms with Crippen LogP contribution in [-0.4, -0.2) is 24.7 Å². The molecule has 1 aliphatic heterocycles. The Morgan fingerprint density at radius 1 is 1.25 bits per heavy atom. The van der Waals surface area contributed by atoms with Gasteiger partial charge in [-0.3, -0.25) is 4.79 Å². The molecule has 0 aromatic heterocycles. The van der Waals surface area contributed by atoms with Crippen LogP contribution in [0.2, 0.25) is 0 Å². The van der Waals surface area contributed by atoms with Gasteiger partial charge in [-0.25, -0.2) is 8.78 Å². The standard InChI is InChI=1S/C22H24F2N2O2/c1-14-11-18-21(15(2)20(14)25-19(27)12-22(24)7-8-22)28-10-9-26(18)13-16-3-5-17(23)6-4-16/h3-6,11H,7-10,12-13H2,1-2H3,(H,25,27). The number of rotatable bonds is 5. The molecule has 0 spiro atoms. The van der Waals surface area contributed by atoms with Gasteiger partial charge in [-0.1, -0.05) is 12.1 Å². The number of nitrogens with zero attached hydrogens (tertiary/aromatic N) is 1. The average molecular weight is 386 g/mol. The first-order chi connectivity index (χ1) is 13.3. The van der Waals surface area contributed by atoms with Crippen molar-refractivity contribution in [2.24, 2.45) is 0 Å². The lowest BCUT2D eigenvalue weighted by molar-refractivity contribution is -0.117. The number of carbonyl (C=O) groups excluding carboxylic acids is 1. The third-order valence-electron chi connectivity index (χ3n) is 5.47. The molecule has 2 aromatic rings. The molecule has 4 nitrogen and oxygen atoms in total. The summed E-state index contributed by atoms with van der Waals surface area (Å²) in [6, 6.07) is 8.47. The normalized spacial score (nSPS) is 16.9. The Hall–Kier alpha value is -2.63. The summed E-state index contributed by atoms with van der Waals surface area (Å²) in [4.78, 5) is 14.4. The maximum Gasteiger partial charge on any atom is 0.227 e. The van der Waals surface area contributed by atoms with Gasteiger partial charge in [0.25, 0.3) is 0 Å². The van der Waals surface area contributed by atoms with Crippen LogP contribution in [0.25, 0.3) is 0 Å². The minimum atomic E-state index is -1.32. The van der Waals surface area contributed by atoms with Crippen LogP contribution in [0.4, 0.5) is 20.2 Å². The van der Waals surface area contributed by atoms with E-state index >= 15 is 0 Å². The molecule has 6 heteroatoms. The number of anilines is 2. The molecule has 148 valence electrons. The number of aryl methyl sites for hydroxylation is 1. The predicted molar refractivity (Wildman–Crippen MR) is 105 cm³/mol. The molecule has 1 fully saturated rings. The van der Waals surface area contributed by atoms with Crippen molar-refractivity contribution in [2.45, 2.75) is 45.3 Å². The van der Waals surface area contributed by atoms with Gasteiger partial charge in [0.05, 0.1) is 24.3 Å². The molecule has 1 N–H and O–H groups in total. The zero-order valence-electron chi connectivity index (χ0n) is 16.1. The maximum atomic E-state index is 13.9. The van der Waals surface area contributed by atoms with Gasteiger partial charge >= 0.3 is 0 Å². The summed E-state index contributed by atoms with van der Waals surface area (Å²) < 4.78 is 33.0. The quantitative estimate of drug-likeness (QED) is 0.812. The van der Waals surface area contributed by atoms with Crippen LogP contribution in [0, 0.1) is 19.7 Å². The SMILES string of the molecule is Cc1cc2c(c(C)c1NC(=O)CC1(F)CC1)OCCN2Cc1ccc(F)cc1. The molecule has 0 bridgehead atoms. The first-order valence-electron chi connectivity index (χ1n) is 9.60. The summed E-state index contributed by atoms with van der Waals surface area (Å²) in [5.41, 5.74) is 3.09. The second-order valence-electron chi connectivity index (χ2n) is 7.81. The van der Waals surface area contributed by atoms with E-state index in [2.05, 4.69) is 10.2 Å². The Morgan fingerprint density at radius 2 is 1.96 bits per heavy atom. The summed E-state index contributed by atoms with van der Waals surface area (Å²) in [6.07, 6.45) is 0.828. The van der Waals surface area contributed by atoms with Gasteiger partial charge in [0, 0.05) is 12.1 Å². The third-order valence-corrected chi connectivity index (χ3v) is 5.47. The Kier molecular flexibility index (Phi) is 4.73. The summed E-state index contributed by atoms with van der Waals surface area (Å²) in [7, 11) is 0. The van der Waals surface area contributed by atoms with E-state index in [9.17, 15) is 13.6 Å². The molecule has 1 heterocycles. The van der Waals surface area contributed by atoms with Gasteiger partial charge in [0.1, 0.15) is 23.8 Å². The minimum absolute atomic E-state index is 0.0967. The Balaban J connectivity index is 1.58. The smallest absolute Gasteiger partial charge is 0.227 e. The molecule has 2 aliphatic rings. The second-order valence-corrected chi connectivity index (χ2v) is 7.81. The van der Waals surface area contributed by atoms with Crippen molar-refractivity contribution in [1.29, 1.82) is 0 Å². The van der Waals surface area contributed by atoms with E-state index in [1.165, 1.54) is 12.1 Å². The summed E-state index contributed by atoms with van der Waals surface area (Å²) >= 11 is 0. The molecule has 2 aromatic carbocycles. The van der Waals surface area contributed by atoms with Crippen molar-refractivity contribution in [3.8, 4) is 5.75 Å². The number of hydrogen-bond acceptors (Lipinski definition) is 3. The Bertz CT molecular complexity index is 908. The predicted octanol–water partition coefficient (Wildman–Crippen LogP) is 4.67. The minimum Gasteiger partial charge on any atom is -0.489 e. The van der Waals surface area contributed by atoms with Crippen molar-refractivity contribution in [1.82, 2.24) is 0 Å². The van der Waals surface area contributed by atoms with Gasteiger partial charge in [-0.05, 0) is 56.0 Å². The molecule has 0 unspecified atom stereocenters. The third kappa shape index (κ3) is 3.81. The van der Waals surface area contributed by atoms with Gasteiger partial charge in [0.15, 0.2) is 0 Å². The average Bonchev–Trinajstić information content (AvgIpc) is 3.38. The molecular formula is C22H24F2N2O2. The topological polar surface area (TPSA) is 41.6 Å². The Morgan fingerprint density at radius 3 is 2.64 bits per heavy atom. The molecule has 1 saturated carbocycles. The van der Waals surface area contributed by atoms with E-state index < -0.39 is 5.67 Å². The van der Waals surface area contributed by atoms with Crippen molar-refractivity contribution >= 4 is 17.3 Å². The van der Waals surface area contributed by atoms with E-state index in [1.807, 2.05) is 19.9 Å².